The number of aromatic nitrogens is 4. The minimum atomic E-state index is -0.339. The van der Waals surface area contributed by atoms with Crippen molar-refractivity contribution >= 4 is 11.2 Å². The Kier molecular flexibility index (Phi) is 5.39. The largest absolute Gasteiger partial charge is 0.379 e. The second kappa shape index (κ2) is 7.53. The molecule has 8 heteroatoms. The summed E-state index contributed by atoms with van der Waals surface area (Å²) in [7, 11) is 3.20. The minimum absolute atomic E-state index is 0.268. The summed E-state index contributed by atoms with van der Waals surface area (Å²) in [5.74, 6) is 0.853. The van der Waals surface area contributed by atoms with Crippen LogP contribution in [-0.2, 0) is 31.9 Å². The smallest absolute Gasteiger partial charge is 0.332 e. The lowest BCUT2D eigenvalue weighted by atomic mass is 10.2. The second-order valence-electron chi connectivity index (χ2n) is 6.65. The zero-order chi connectivity index (χ0) is 18.0. The maximum atomic E-state index is 12.7. The van der Waals surface area contributed by atoms with Crippen molar-refractivity contribution in [2.24, 2.45) is 14.1 Å². The molecule has 0 bridgehead atoms. The number of nitrogens with zero attached hydrogens (tertiary/aromatic N) is 5. The Morgan fingerprint density at radius 3 is 2.48 bits per heavy atom. The number of rotatable bonds is 6. The van der Waals surface area contributed by atoms with Gasteiger partial charge in [-0.15, -0.1) is 0 Å². The highest BCUT2D eigenvalue weighted by molar-refractivity contribution is 5.71. The molecule has 1 aliphatic rings. The van der Waals surface area contributed by atoms with E-state index in [1.165, 1.54) is 16.2 Å². The molecule has 0 saturated carbocycles. The molecule has 3 heterocycles. The average molecular weight is 349 g/mol. The third kappa shape index (κ3) is 3.41. The summed E-state index contributed by atoms with van der Waals surface area (Å²) in [6, 6.07) is 0. The highest BCUT2D eigenvalue weighted by Crippen LogP contribution is 2.15. The van der Waals surface area contributed by atoms with E-state index in [-0.39, 0.29) is 11.2 Å². The first kappa shape index (κ1) is 17.9. The summed E-state index contributed by atoms with van der Waals surface area (Å²) in [6.07, 6.45) is 3.20. The summed E-state index contributed by atoms with van der Waals surface area (Å²) in [5, 5.41) is 0. The van der Waals surface area contributed by atoms with Crippen LogP contribution in [0.15, 0.2) is 9.59 Å². The van der Waals surface area contributed by atoms with Crippen molar-refractivity contribution in [2.45, 2.75) is 39.3 Å². The standard InChI is InChI=1S/C17H27N5O3/c1-4-5-6-7-22-13(12-21-8-10-25-11-9-21)18-15-14(22)16(23)20(3)17(24)19(15)2/h4-12H2,1-3H3. The van der Waals surface area contributed by atoms with Gasteiger partial charge in [0.1, 0.15) is 5.82 Å². The molecule has 0 N–H and O–H groups in total. The number of imidazole rings is 1. The fourth-order valence-electron chi connectivity index (χ4n) is 3.33. The van der Waals surface area contributed by atoms with E-state index in [9.17, 15) is 9.59 Å². The Balaban J connectivity index is 2.08. The summed E-state index contributed by atoms with van der Waals surface area (Å²) in [4.78, 5) is 31.9. The SMILES string of the molecule is CCCCCn1c(CN2CCOCC2)nc2c1c(=O)n(C)c(=O)n2C. The lowest BCUT2D eigenvalue weighted by Gasteiger charge is -2.26. The molecule has 0 aromatic carbocycles. The molecular weight excluding hydrogens is 322 g/mol. The summed E-state index contributed by atoms with van der Waals surface area (Å²) in [6.45, 7) is 6.72. The van der Waals surface area contributed by atoms with Crippen LogP contribution in [0, 0.1) is 0 Å². The number of unbranched alkanes of at least 4 members (excludes halogenated alkanes) is 2. The average Bonchev–Trinajstić information content (AvgIpc) is 2.98. The Hall–Kier alpha value is -1.93. The fraction of sp³-hybridized carbons (Fsp3) is 0.706. The Morgan fingerprint density at radius 1 is 1.08 bits per heavy atom. The Bertz CT molecular complexity index is 858. The Labute approximate surface area is 146 Å². The van der Waals surface area contributed by atoms with Crippen molar-refractivity contribution in [3.05, 3.63) is 26.7 Å². The lowest BCUT2D eigenvalue weighted by Crippen LogP contribution is -2.37. The monoisotopic (exact) mass is 349 g/mol. The van der Waals surface area contributed by atoms with E-state index in [0.29, 0.717) is 17.7 Å². The number of ether oxygens (including phenoxy) is 1. The normalized spacial score (nSPS) is 16.0. The van der Waals surface area contributed by atoms with Crippen molar-refractivity contribution in [1.29, 1.82) is 0 Å². The van der Waals surface area contributed by atoms with Gasteiger partial charge in [-0.2, -0.15) is 0 Å². The van der Waals surface area contributed by atoms with Crippen molar-refractivity contribution in [3.8, 4) is 0 Å². The van der Waals surface area contributed by atoms with Crippen LogP contribution >= 0.6 is 0 Å². The van der Waals surface area contributed by atoms with Crippen molar-refractivity contribution in [2.75, 3.05) is 26.3 Å². The number of hydrogen-bond donors (Lipinski definition) is 0. The maximum absolute atomic E-state index is 12.7. The van der Waals surface area contributed by atoms with E-state index >= 15 is 0 Å². The van der Waals surface area contributed by atoms with Gasteiger partial charge in [0.2, 0.25) is 0 Å². The third-order valence-electron chi connectivity index (χ3n) is 4.88. The van der Waals surface area contributed by atoms with Crippen LogP contribution in [0.2, 0.25) is 0 Å². The molecule has 1 aliphatic heterocycles. The van der Waals surface area contributed by atoms with Gasteiger partial charge in [-0.1, -0.05) is 19.8 Å². The highest BCUT2D eigenvalue weighted by Gasteiger charge is 2.21. The first-order valence-corrected chi connectivity index (χ1v) is 8.99. The number of hydrogen-bond acceptors (Lipinski definition) is 5. The van der Waals surface area contributed by atoms with Gasteiger partial charge in [0, 0.05) is 33.7 Å². The van der Waals surface area contributed by atoms with Gasteiger partial charge in [0.25, 0.3) is 5.56 Å². The van der Waals surface area contributed by atoms with Crippen LogP contribution in [0.1, 0.15) is 32.0 Å². The van der Waals surface area contributed by atoms with Crippen LogP contribution in [0.3, 0.4) is 0 Å². The first-order valence-electron chi connectivity index (χ1n) is 8.99. The van der Waals surface area contributed by atoms with Gasteiger partial charge < -0.3 is 9.30 Å². The molecular formula is C17H27N5O3. The number of aryl methyl sites for hydroxylation is 2. The minimum Gasteiger partial charge on any atom is -0.379 e. The summed E-state index contributed by atoms with van der Waals surface area (Å²) >= 11 is 0. The van der Waals surface area contributed by atoms with Gasteiger partial charge in [-0.25, -0.2) is 9.78 Å². The molecule has 25 heavy (non-hydrogen) atoms. The van der Waals surface area contributed by atoms with Crippen LogP contribution < -0.4 is 11.2 Å². The van der Waals surface area contributed by atoms with Crippen LogP contribution in [0.4, 0.5) is 0 Å². The van der Waals surface area contributed by atoms with Crippen molar-refractivity contribution in [3.63, 3.8) is 0 Å². The van der Waals surface area contributed by atoms with E-state index in [1.54, 1.807) is 7.05 Å². The number of fused-ring (bicyclic) bond motifs is 1. The van der Waals surface area contributed by atoms with Crippen molar-refractivity contribution in [1.82, 2.24) is 23.6 Å². The molecule has 0 unspecified atom stereocenters. The van der Waals surface area contributed by atoms with Gasteiger partial charge in [0.15, 0.2) is 11.2 Å². The quantitative estimate of drug-likeness (QED) is 0.708. The lowest BCUT2D eigenvalue weighted by molar-refractivity contribution is 0.0326. The van der Waals surface area contributed by atoms with Gasteiger partial charge in [0.05, 0.1) is 19.8 Å². The molecule has 8 nitrogen and oxygen atoms in total. The molecule has 3 rings (SSSR count). The predicted molar refractivity (Wildman–Crippen MR) is 95.8 cm³/mol. The maximum Gasteiger partial charge on any atom is 0.332 e. The molecule has 0 spiro atoms. The highest BCUT2D eigenvalue weighted by atomic mass is 16.5. The molecule has 0 amide bonds. The summed E-state index contributed by atoms with van der Waals surface area (Å²) < 4.78 is 10.1. The molecule has 1 saturated heterocycles. The second-order valence-corrected chi connectivity index (χ2v) is 6.65. The first-order chi connectivity index (χ1) is 12.0. The molecule has 1 fully saturated rings. The van der Waals surface area contributed by atoms with Crippen LogP contribution in [0.25, 0.3) is 11.2 Å². The molecule has 0 aliphatic carbocycles. The molecule has 0 radical (unpaired) electrons. The van der Waals surface area contributed by atoms with E-state index < -0.39 is 0 Å². The van der Waals surface area contributed by atoms with E-state index in [4.69, 9.17) is 4.74 Å². The van der Waals surface area contributed by atoms with E-state index in [0.717, 1.165) is 57.9 Å². The van der Waals surface area contributed by atoms with Crippen LogP contribution in [0.5, 0.6) is 0 Å². The van der Waals surface area contributed by atoms with Gasteiger partial charge >= 0.3 is 5.69 Å². The van der Waals surface area contributed by atoms with Crippen molar-refractivity contribution < 1.29 is 4.74 Å². The predicted octanol–water partition coefficient (Wildman–Crippen LogP) is 0.456. The third-order valence-corrected chi connectivity index (χ3v) is 4.88. The summed E-state index contributed by atoms with van der Waals surface area (Å²) in [5.41, 5.74) is 0.403. The molecule has 0 atom stereocenters. The topological polar surface area (TPSA) is 74.3 Å². The van der Waals surface area contributed by atoms with Gasteiger partial charge in [-0.3, -0.25) is 18.8 Å². The number of morpholine rings is 1. The van der Waals surface area contributed by atoms with Gasteiger partial charge in [-0.05, 0) is 6.42 Å². The van der Waals surface area contributed by atoms with E-state index in [1.807, 2.05) is 4.57 Å². The van der Waals surface area contributed by atoms with E-state index in [2.05, 4.69) is 16.8 Å². The molecule has 2 aromatic heterocycles. The zero-order valence-corrected chi connectivity index (χ0v) is 15.3. The zero-order valence-electron chi connectivity index (χ0n) is 15.3. The Morgan fingerprint density at radius 2 is 1.80 bits per heavy atom. The fourth-order valence-corrected chi connectivity index (χ4v) is 3.33. The molecule has 138 valence electrons. The molecule has 2 aromatic rings. The van der Waals surface area contributed by atoms with Crippen LogP contribution in [-0.4, -0.2) is 49.9 Å².